The van der Waals surface area contributed by atoms with Crippen LogP contribution in [0.25, 0.3) is 0 Å². The number of aliphatic hydroxyl groups excluding tert-OH is 1. The number of hydrogen-bond donors (Lipinski definition) is 1. The molecule has 20 heavy (non-hydrogen) atoms. The predicted molar refractivity (Wildman–Crippen MR) is 81.3 cm³/mol. The van der Waals surface area contributed by atoms with Crippen molar-refractivity contribution in [3.8, 4) is 0 Å². The van der Waals surface area contributed by atoms with Crippen LogP contribution in [0, 0.1) is 0 Å². The number of hydrogen-bond acceptors (Lipinski definition) is 4. The monoisotopic (exact) mass is 295 g/mol. The molecule has 2 saturated heterocycles. The molecule has 0 bridgehead atoms. The van der Waals surface area contributed by atoms with Crippen molar-refractivity contribution in [2.75, 3.05) is 31.1 Å². The number of anilines is 1. The summed E-state index contributed by atoms with van der Waals surface area (Å²) < 4.78 is 0. The van der Waals surface area contributed by atoms with Crippen LogP contribution >= 0.6 is 11.6 Å². The van der Waals surface area contributed by atoms with E-state index in [0.717, 1.165) is 26.1 Å². The summed E-state index contributed by atoms with van der Waals surface area (Å²) in [6.07, 6.45) is 6.56. The van der Waals surface area contributed by atoms with Crippen molar-refractivity contribution in [3.63, 3.8) is 0 Å². The molecule has 110 valence electrons. The van der Waals surface area contributed by atoms with Crippen molar-refractivity contribution < 1.29 is 5.11 Å². The minimum Gasteiger partial charge on any atom is -0.395 e. The van der Waals surface area contributed by atoms with Crippen LogP contribution in [0.2, 0.25) is 5.15 Å². The SMILES string of the molecule is OCC1CCCN1CC1CCCN1c1ccnc(Cl)c1. The first-order chi connectivity index (χ1) is 9.78. The molecule has 2 fully saturated rings. The van der Waals surface area contributed by atoms with Gasteiger partial charge in [-0.1, -0.05) is 11.6 Å². The molecule has 0 spiro atoms. The van der Waals surface area contributed by atoms with Gasteiger partial charge >= 0.3 is 0 Å². The highest BCUT2D eigenvalue weighted by Gasteiger charge is 2.31. The fourth-order valence-corrected chi connectivity index (χ4v) is 3.72. The maximum absolute atomic E-state index is 9.45. The molecule has 0 radical (unpaired) electrons. The van der Waals surface area contributed by atoms with Gasteiger partial charge in [-0.15, -0.1) is 0 Å². The number of aliphatic hydroxyl groups is 1. The summed E-state index contributed by atoms with van der Waals surface area (Å²) in [7, 11) is 0. The Bertz CT molecular complexity index is 456. The van der Waals surface area contributed by atoms with Crippen LogP contribution in [0.15, 0.2) is 18.3 Å². The maximum atomic E-state index is 9.45. The van der Waals surface area contributed by atoms with Crippen molar-refractivity contribution in [2.24, 2.45) is 0 Å². The highest BCUT2D eigenvalue weighted by Crippen LogP contribution is 2.28. The number of aromatic nitrogens is 1. The zero-order valence-electron chi connectivity index (χ0n) is 11.7. The largest absolute Gasteiger partial charge is 0.395 e. The Morgan fingerprint density at radius 2 is 2.05 bits per heavy atom. The zero-order valence-corrected chi connectivity index (χ0v) is 12.5. The van der Waals surface area contributed by atoms with Crippen molar-refractivity contribution in [1.29, 1.82) is 0 Å². The minimum atomic E-state index is 0.286. The first kappa shape index (κ1) is 14.1. The van der Waals surface area contributed by atoms with E-state index < -0.39 is 0 Å². The van der Waals surface area contributed by atoms with Gasteiger partial charge in [0.15, 0.2) is 0 Å². The molecule has 0 aromatic carbocycles. The summed E-state index contributed by atoms with van der Waals surface area (Å²) >= 11 is 6.01. The third-order valence-corrected chi connectivity index (χ3v) is 4.78. The highest BCUT2D eigenvalue weighted by atomic mass is 35.5. The van der Waals surface area contributed by atoms with Gasteiger partial charge in [-0.3, -0.25) is 4.90 Å². The fourth-order valence-electron chi connectivity index (χ4n) is 3.55. The van der Waals surface area contributed by atoms with E-state index in [2.05, 4.69) is 14.8 Å². The van der Waals surface area contributed by atoms with Gasteiger partial charge in [-0.05, 0) is 44.4 Å². The summed E-state index contributed by atoms with van der Waals surface area (Å²) in [5.41, 5.74) is 1.17. The Kier molecular flexibility index (Phi) is 4.44. The number of halogens is 1. The van der Waals surface area contributed by atoms with Gasteiger partial charge in [-0.25, -0.2) is 4.98 Å². The summed E-state index contributed by atoms with van der Waals surface area (Å²) in [6.45, 7) is 3.54. The van der Waals surface area contributed by atoms with Gasteiger partial charge in [0.05, 0.1) is 6.61 Å². The van der Waals surface area contributed by atoms with E-state index in [-0.39, 0.29) is 6.61 Å². The molecule has 5 heteroatoms. The molecule has 1 aromatic rings. The Hall–Kier alpha value is -0.840. The molecule has 1 aromatic heterocycles. The smallest absolute Gasteiger partial charge is 0.131 e. The van der Waals surface area contributed by atoms with E-state index in [1.54, 1.807) is 6.20 Å². The first-order valence-electron chi connectivity index (χ1n) is 7.51. The van der Waals surface area contributed by atoms with Crippen LogP contribution in [-0.2, 0) is 0 Å². The highest BCUT2D eigenvalue weighted by molar-refractivity contribution is 6.29. The van der Waals surface area contributed by atoms with Gasteiger partial charge in [0, 0.05) is 37.1 Å². The number of likely N-dealkylation sites (tertiary alicyclic amines) is 1. The topological polar surface area (TPSA) is 39.6 Å². The average Bonchev–Trinajstić information content (AvgIpc) is 3.08. The molecule has 2 aliphatic heterocycles. The van der Waals surface area contributed by atoms with E-state index >= 15 is 0 Å². The van der Waals surface area contributed by atoms with E-state index in [1.807, 2.05) is 12.1 Å². The molecule has 2 aliphatic rings. The lowest BCUT2D eigenvalue weighted by Crippen LogP contribution is -2.43. The molecule has 3 rings (SSSR count). The summed E-state index contributed by atoms with van der Waals surface area (Å²) in [6, 6.07) is 4.88. The van der Waals surface area contributed by atoms with Crippen LogP contribution in [-0.4, -0.2) is 53.3 Å². The molecule has 1 N–H and O–H groups in total. The number of rotatable bonds is 4. The van der Waals surface area contributed by atoms with Crippen LogP contribution in [0.5, 0.6) is 0 Å². The predicted octanol–water partition coefficient (Wildman–Crippen LogP) is 2.16. The van der Waals surface area contributed by atoms with Gasteiger partial charge in [0.1, 0.15) is 5.15 Å². The van der Waals surface area contributed by atoms with Crippen molar-refractivity contribution >= 4 is 17.3 Å². The van der Waals surface area contributed by atoms with Crippen LogP contribution in [0.3, 0.4) is 0 Å². The van der Waals surface area contributed by atoms with Crippen molar-refractivity contribution in [3.05, 3.63) is 23.5 Å². The Balaban J connectivity index is 1.69. The lowest BCUT2D eigenvalue weighted by molar-refractivity contribution is 0.153. The van der Waals surface area contributed by atoms with Crippen LogP contribution in [0.4, 0.5) is 5.69 Å². The standard InChI is InChI=1S/C15H22ClN3O/c16-15-9-12(5-6-17-15)19-8-2-3-13(19)10-18-7-1-4-14(18)11-20/h5-6,9,13-14,20H,1-4,7-8,10-11H2. The third-order valence-electron chi connectivity index (χ3n) is 4.57. The first-order valence-corrected chi connectivity index (χ1v) is 7.89. The minimum absolute atomic E-state index is 0.286. The molecule has 3 heterocycles. The molecule has 0 aliphatic carbocycles. The third kappa shape index (κ3) is 2.92. The Morgan fingerprint density at radius 3 is 2.85 bits per heavy atom. The normalized spacial score (nSPS) is 27.4. The lowest BCUT2D eigenvalue weighted by atomic mass is 10.1. The van der Waals surface area contributed by atoms with Gasteiger partial charge in [-0.2, -0.15) is 0 Å². The van der Waals surface area contributed by atoms with Gasteiger partial charge in [0.25, 0.3) is 0 Å². The summed E-state index contributed by atoms with van der Waals surface area (Å²) in [4.78, 5) is 8.96. The van der Waals surface area contributed by atoms with Gasteiger partial charge < -0.3 is 10.0 Å². The van der Waals surface area contributed by atoms with Crippen molar-refractivity contribution in [2.45, 2.75) is 37.8 Å². The van der Waals surface area contributed by atoms with Crippen molar-refractivity contribution in [1.82, 2.24) is 9.88 Å². The molecule has 4 nitrogen and oxygen atoms in total. The fraction of sp³-hybridized carbons (Fsp3) is 0.667. The zero-order chi connectivity index (χ0) is 13.9. The Labute approximate surface area is 125 Å². The molecule has 2 atom stereocenters. The lowest BCUT2D eigenvalue weighted by Gasteiger charge is -2.32. The molecular formula is C15H22ClN3O. The quantitative estimate of drug-likeness (QED) is 0.864. The second-order valence-corrected chi connectivity index (χ2v) is 6.19. The Morgan fingerprint density at radius 1 is 1.25 bits per heavy atom. The second kappa shape index (κ2) is 6.29. The van der Waals surface area contributed by atoms with Gasteiger partial charge in [0.2, 0.25) is 0 Å². The molecule has 2 unspecified atom stereocenters. The molecule has 0 amide bonds. The molecule has 0 saturated carbocycles. The molecular weight excluding hydrogens is 274 g/mol. The van der Waals surface area contributed by atoms with E-state index in [1.165, 1.54) is 24.9 Å². The van der Waals surface area contributed by atoms with E-state index in [9.17, 15) is 5.11 Å². The summed E-state index contributed by atoms with van der Waals surface area (Å²) in [5, 5.41) is 10.0. The van der Waals surface area contributed by atoms with Crippen LogP contribution < -0.4 is 4.90 Å². The summed E-state index contributed by atoms with van der Waals surface area (Å²) in [5.74, 6) is 0. The maximum Gasteiger partial charge on any atom is 0.131 e. The average molecular weight is 296 g/mol. The number of pyridine rings is 1. The van der Waals surface area contributed by atoms with E-state index in [4.69, 9.17) is 11.6 Å². The van der Waals surface area contributed by atoms with E-state index in [0.29, 0.717) is 17.2 Å². The van der Waals surface area contributed by atoms with Crippen LogP contribution in [0.1, 0.15) is 25.7 Å². The number of nitrogens with zero attached hydrogens (tertiary/aromatic N) is 3. The second-order valence-electron chi connectivity index (χ2n) is 5.80.